The van der Waals surface area contributed by atoms with Crippen molar-refractivity contribution in [2.45, 2.75) is 19.4 Å². The number of carboxylic acids is 1. The molecule has 0 radical (unpaired) electrons. The molecule has 0 bridgehead atoms. The maximum atomic E-state index is 10.2. The molecule has 0 saturated heterocycles. The molecule has 0 aliphatic heterocycles. The lowest BCUT2D eigenvalue weighted by Gasteiger charge is -2.02. The Balaban J connectivity index is 2.64. The van der Waals surface area contributed by atoms with Gasteiger partial charge >= 0.3 is 5.97 Å². The van der Waals surface area contributed by atoms with E-state index in [9.17, 15) is 9.90 Å². The summed E-state index contributed by atoms with van der Waals surface area (Å²) in [6, 6.07) is 1.80. The van der Waals surface area contributed by atoms with Gasteiger partial charge in [-0.15, -0.1) is 11.3 Å². The van der Waals surface area contributed by atoms with E-state index in [1.54, 1.807) is 6.07 Å². The zero-order chi connectivity index (χ0) is 9.14. The molecule has 12 heavy (non-hydrogen) atoms. The summed E-state index contributed by atoms with van der Waals surface area (Å²) < 4.78 is 0. The van der Waals surface area contributed by atoms with Crippen LogP contribution in [-0.4, -0.2) is 16.2 Å². The second-order valence-corrected chi connectivity index (χ2v) is 3.58. The summed E-state index contributed by atoms with van der Waals surface area (Å²) in [6.45, 7) is 1.91. The van der Waals surface area contributed by atoms with Crippen LogP contribution in [0.15, 0.2) is 11.4 Å². The maximum absolute atomic E-state index is 10.2. The minimum atomic E-state index is -0.978. The van der Waals surface area contributed by atoms with Crippen LogP contribution in [0.3, 0.4) is 0 Å². The van der Waals surface area contributed by atoms with E-state index >= 15 is 0 Å². The number of aliphatic hydroxyl groups excluding tert-OH is 1. The quantitative estimate of drug-likeness (QED) is 0.753. The number of carbonyl (C=O) groups is 1. The highest BCUT2D eigenvalue weighted by Gasteiger charge is 2.13. The van der Waals surface area contributed by atoms with Crippen LogP contribution in [0, 0.1) is 6.92 Å². The fourth-order valence-corrected chi connectivity index (χ4v) is 1.78. The van der Waals surface area contributed by atoms with Crippen molar-refractivity contribution >= 4 is 17.3 Å². The topological polar surface area (TPSA) is 57.5 Å². The molecule has 1 rings (SSSR count). The first-order valence-electron chi connectivity index (χ1n) is 3.54. The van der Waals surface area contributed by atoms with Gasteiger partial charge < -0.3 is 10.2 Å². The first-order valence-corrected chi connectivity index (χ1v) is 4.42. The van der Waals surface area contributed by atoms with Crippen LogP contribution in [0.5, 0.6) is 0 Å². The van der Waals surface area contributed by atoms with Gasteiger partial charge in [-0.1, -0.05) is 0 Å². The number of aryl methyl sites for hydroxylation is 1. The second-order valence-electron chi connectivity index (χ2n) is 2.64. The molecule has 3 nitrogen and oxygen atoms in total. The summed E-state index contributed by atoms with van der Waals surface area (Å²) in [5, 5.41) is 19.6. The van der Waals surface area contributed by atoms with Gasteiger partial charge in [-0.05, 0) is 23.9 Å². The van der Waals surface area contributed by atoms with Gasteiger partial charge in [-0.25, -0.2) is 0 Å². The van der Waals surface area contributed by atoms with Crippen molar-refractivity contribution < 1.29 is 15.0 Å². The van der Waals surface area contributed by atoms with Gasteiger partial charge in [-0.2, -0.15) is 0 Å². The molecule has 0 amide bonds. The highest BCUT2D eigenvalue weighted by molar-refractivity contribution is 7.10. The molecule has 1 aromatic heterocycles. The number of hydrogen-bond acceptors (Lipinski definition) is 3. The standard InChI is InChI=1S/C8H10O3S/c1-5-2-7(12-4-5)6(9)3-8(10)11/h2,4,6,9H,3H2,1H3,(H,10,11)/t6-/m0/s1. The number of thiophene rings is 1. The third-order valence-corrected chi connectivity index (χ3v) is 2.60. The second kappa shape index (κ2) is 3.69. The van der Waals surface area contributed by atoms with Crippen molar-refractivity contribution in [2.75, 3.05) is 0 Å². The van der Waals surface area contributed by atoms with Crippen LogP contribution in [0.2, 0.25) is 0 Å². The summed E-state index contributed by atoms with van der Waals surface area (Å²) in [5.74, 6) is -0.978. The van der Waals surface area contributed by atoms with E-state index in [1.165, 1.54) is 11.3 Å². The molecule has 2 N–H and O–H groups in total. The minimum Gasteiger partial charge on any atom is -0.481 e. The Morgan fingerprint density at radius 1 is 1.75 bits per heavy atom. The Morgan fingerprint density at radius 3 is 2.83 bits per heavy atom. The monoisotopic (exact) mass is 186 g/mol. The molecule has 0 saturated carbocycles. The zero-order valence-electron chi connectivity index (χ0n) is 6.65. The predicted octanol–water partition coefficient (Wildman–Crippen LogP) is 1.56. The summed E-state index contributed by atoms with van der Waals surface area (Å²) in [6.07, 6.45) is -1.08. The molecular formula is C8H10O3S. The van der Waals surface area contributed by atoms with E-state index in [1.807, 2.05) is 12.3 Å². The lowest BCUT2D eigenvalue weighted by atomic mass is 10.2. The number of aliphatic hydroxyl groups is 1. The van der Waals surface area contributed by atoms with E-state index in [2.05, 4.69) is 0 Å². The Bertz CT molecular complexity index is 280. The molecule has 1 aromatic rings. The summed E-state index contributed by atoms with van der Waals surface area (Å²) in [4.78, 5) is 11.0. The molecule has 1 atom stereocenters. The largest absolute Gasteiger partial charge is 0.481 e. The van der Waals surface area contributed by atoms with Crippen molar-refractivity contribution in [3.05, 3.63) is 21.9 Å². The van der Waals surface area contributed by atoms with Crippen molar-refractivity contribution in [1.29, 1.82) is 0 Å². The van der Waals surface area contributed by atoms with Crippen LogP contribution < -0.4 is 0 Å². The predicted molar refractivity (Wildman–Crippen MR) is 46.3 cm³/mol. The molecule has 1 heterocycles. The Hall–Kier alpha value is -0.870. The van der Waals surface area contributed by atoms with E-state index < -0.39 is 12.1 Å². The molecule has 4 heteroatoms. The molecule has 0 aliphatic carbocycles. The van der Waals surface area contributed by atoms with Gasteiger partial charge in [0.1, 0.15) is 0 Å². The first-order chi connectivity index (χ1) is 5.59. The summed E-state index contributed by atoms with van der Waals surface area (Å²) in [5.41, 5.74) is 1.06. The summed E-state index contributed by atoms with van der Waals surface area (Å²) in [7, 11) is 0. The SMILES string of the molecule is Cc1csc([C@@H](O)CC(=O)O)c1. The third-order valence-electron chi connectivity index (χ3n) is 1.45. The Kier molecular flexibility index (Phi) is 2.83. The van der Waals surface area contributed by atoms with Crippen molar-refractivity contribution in [3.8, 4) is 0 Å². The summed E-state index contributed by atoms with van der Waals surface area (Å²) >= 11 is 1.39. The van der Waals surface area contributed by atoms with Gasteiger partial charge in [0.2, 0.25) is 0 Å². The smallest absolute Gasteiger partial charge is 0.306 e. The maximum Gasteiger partial charge on any atom is 0.306 e. The minimum absolute atomic E-state index is 0.222. The number of rotatable bonds is 3. The van der Waals surface area contributed by atoms with Gasteiger partial charge in [0.15, 0.2) is 0 Å². The highest BCUT2D eigenvalue weighted by atomic mass is 32.1. The van der Waals surface area contributed by atoms with Crippen LogP contribution in [0.25, 0.3) is 0 Å². The first kappa shape index (κ1) is 9.22. The van der Waals surface area contributed by atoms with E-state index in [-0.39, 0.29) is 6.42 Å². The lowest BCUT2D eigenvalue weighted by Crippen LogP contribution is -2.03. The molecule has 66 valence electrons. The molecule has 0 aromatic carbocycles. The number of carboxylic acid groups (broad SMARTS) is 1. The van der Waals surface area contributed by atoms with Crippen LogP contribution in [-0.2, 0) is 4.79 Å². The van der Waals surface area contributed by atoms with E-state index in [0.717, 1.165) is 10.4 Å². The average molecular weight is 186 g/mol. The van der Waals surface area contributed by atoms with Crippen molar-refractivity contribution in [3.63, 3.8) is 0 Å². The van der Waals surface area contributed by atoms with Gasteiger partial charge in [0, 0.05) is 4.88 Å². The van der Waals surface area contributed by atoms with Crippen LogP contribution in [0.1, 0.15) is 23.0 Å². The molecule has 0 spiro atoms. The van der Waals surface area contributed by atoms with E-state index in [4.69, 9.17) is 5.11 Å². The molecule has 0 aliphatic rings. The van der Waals surface area contributed by atoms with Crippen molar-refractivity contribution in [2.24, 2.45) is 0 Å². The normalized spacial score (nSPS) is 12.8. The van der Waals surface area contributed by atoms with Gasteiger partial charge in [0.25, 0.3) is 0 Å². The Labute approximate surface area is 74.3 Å². The number of aliphatic carboxylic acids is 1. The lowest BCUT2D eigenvalue weighted by molar-refractivity contribution is -0.139. The fourth-order valence-electron chi connectivity index (χ4n) is 0.894. The van der Waals surface area contributed by atoms with Crippen molar-refractivity contribution in [1.82, 2.24) is 0 Å². The molecule has 0 fully saturated rings. The third kappa shape index (κ3) is 2.32. The average Bonchev–Trinajstić information content (AvgIpc) is 2.34. The van der Waals surface area contributed by atoms with Gasteiger partial charge in [-0.3, -0.25) is 4.79 Å². The zero-order valence-corrected chi connectivity index (χ0v) is 7.47. The van der Waals surface area contributed by atoms with E-state index in [0.29, 0.717) is 0 Å². The molecular weight excluding hydrogens is 176 g/mol. The van der Waals surface area contributed by atoms with Crippen LogP contribution in [0.4, 0.5) is 0 Å². The fraction of sp³-hybridized carbons (Fsp3) is 0.375. The highest BCUT2D eigenvalue weighted by Crippen LogP contribution is 2.23. The van der Waals surface area contributed by atoms with Crippen LogP contribution >= 0.6 is 11.3 Å². The number of hydrogen-bond donors (Lipinski definition) is 2. The van der Waals surface area contributed by atoms with Gasteiger partial charge in [0.05, 0.1) is 12.5 Å². The Morgan fingerprint density at radius 2 is 2.42 bits per heavy atom. The molecule has 0 unspecified atom stereocenters.